The van der Waals surface area contributed by atoms with Crippen LogP contribution in [0.3, 0.4) is 0 Å². The van der Waals surface area contributed by atoms with Crippen LogP contribution in [0.15, 0.2) is 0 Å². The lowest BCUT2D eigenvalue weighted by Crippen LogP contribution is -3.05. The molecular weight excluding hydrogens is 286 g/mol. The van der Waals surface area contributed by atoms with Crippen molar-refractivity contribution >= 4 is 5.97 Å². The maximum Gasteiger partial charge on any atom is 0.0766 e. The third-order valence-corrected chi connectivity index (χ3v) is 4.47. The fourth-order valence-electron chi connectivity index (χ4n) is 2.11. The number of carboxylic acid groups (broad SMARTS) is 1. The predicted octanol–water partition coefficient (Wildman–Crippen LogP) is 3.22. The van der Waals surface area contributed by atoms with Crippen LogP contribution in [-0.2, 0) is 4.79 Å². The molecule has 0 bridgehead atoms. The van der Waals surface area contributed by atoms with E-state index >= 15 is 0 Å². The van der Waals surface area contributed by atoms with E-state index in [2.05, 4.69) is 21.0 Å². The van der Waals surface area contributed by atoms with Crippen LogP contribution in [0.5, 0.6) is 0 Å². The first-order valence-corrected chi connectivity index (χ1v) is 9.78. The van der Waals surface area contributed by atoms with Gasteiger partial charge in [0.15, 0.2) is 0 Å². The zero-order valence-corrected chi connectivity index (χ0v) is 16.8. The highest BCUT2D eigenvalue weighted by atomic mass is 16.4. The molecule has 0 aromatic rings. The summed E-state index contributed by atoms with van der Waals surface area (Å²) in [7, 11) is 4.49. The van der Waals surface area contributed by atoms with Crippen molar-refractivity contribution < 1.29 is 14.8 Å². The number of rotatable bonds is 13. The van der Waals surface area contributed by atoms with Gasteiger partial charge in [-0.25, -0.2) is 0 Å². The van der Waals surface area contributed by atoms with E-state index in [1.165, 1.54) is 70.8 Å². The lowest BCUT2D eigenvalue weighted by Gasteiger charge is -2.22. The molecule has 3 nitrogen and oxygen atoms in total. The van der Waals surface area contributed by atoms with E-state index in [0.717, 1.165) is 0 Å². The van der Waals surface area contributed by atoms with Gasteiger partial charge in [0.2, 0.25) is 0 Å². The van der Waals surface area contributed by atoms with Gasteiger partial charge in [-0.2, -0.15) is 0 Å². The third kappa shape index (κ3) is 19.4. The number of carbonyl (C=O) groups is 1. The molecule has 0 aliphatic carbocycles. The average molecular weight is 330 g/mol. The lowest BCUT2D eigenvalue weighted by molar-refractivity contribution is -0.858. The zero-order chi connectivity index (χ0) is 18.1. The largest absolute Gasteiger partial charge is 0.550 e. The molecule has 0 radical (unpaired) electrons. The summed E-state index contributed by atoms with van der Waals surface area (Å²) in [5, 5.41) is 10.1. The molecule has 0 atom stereocenters. The van der Waals surface area contributed by atoms with Gasteiger partial charge >= 0.3 is 0 Å². The molecule has 0 spiro atoms. The summed E-state index contributed by atoms with van der Waals surface area (Å²) < 4.78 is 0. The second-order valence-electron chi connectivity index (χ2n) is 7.66. The molecule has 0 aliphatic heterocycles. The predicted molar refractivity (Wildman–Crippen MR) is 98.6 cm³/mol. The zero-order valence-electron chi connectivity index (χ0n) is 16.8. The first-order valence-electron chi connectivity index (χ1n) is 9.78. The molecule has 0 aromatic heterocycles. The fraction of sp³-hybridized carbons (Fsp3) is 0.950. The van der Waals surface area contributed by atoms with Crippen LogP contribution in [0.1, 0.15) is 98.3 Å². The average Bonchev–Trinajstić information content (AvgIpc) is 2.49. The summed E-state index contributed by atoms with van der Waals surface area (Å²) in [5.74, 6) is -0.972. The van der Waals surface area contributed by atoms with Crippen molar-refractivity contribution in [3.63, 3.8) is 0 Å². The van der Waals surface area contributed by atoms with Crippen molar-refractivity contribution in [2.24, 2.45) is 5.41 Å². The van der Waals surface area contributed by atoms with Gasteiger partial charge in [0.05, 0.1) is 20.6 Å². The second kappa shape index (κ2) is 16.3. The number of nitrogens with one attached hydrogen (secondary N) is 1. The maximum atomic E-state index is 10.1. The van der Waals surface area contributed by atoms with Crippen LogP contribution in [0.4, 0.5) is 0 Å². The fourth-order valence-corrected chi connectivity index (χ4v) is 2.11. The summed E-state index contributed by atoms with van der Waals surface area (Å²) >= 11 is 0. The summed E-state index contributed by atoms with van der Waals surface area (Å²) in [6.07, 6.45) is 15.1. The monoisotopic (exact) mass is 329 g/mol. The Bertz CT molecular complexity index is 262. The molecule has 0 saturated heterocycles. The number of quaternary nitrogens is 1. The van der Waals surface area contributed by atoms with E-state index in [1.54, 1.807) is 18.7 Å². The second-order valence-corrected chi connectivity index (χ2v) is 7.66. The number of hydrogen-bond acceptors (Lipinski definition) is 2. The van der Waals surface area contributed by atoms with Crippen LogP contribution < -0.4 is 10.0 Å². The minimum atomic E-state index is -0.972. The van der Waals surface area contributed by atoms with Crippen molar-refractivity contribution in [1.29, 1.82) is 0 Å². The van der Waals surface area contributed by atoms with E-state index in [4.69, 9.17) is 0 Å². The number of aliphatic carboxylic acids is 1. The standard InChI is InChI=1S/C14H31N.C6H12O2/c1-4-5-6-7-8-9-10-11-12-13-14-15(2)3;1-4-6(2,3)5(7)8/h4-14H2,1-3H3;4H2,1-3H3,(H,7,8). The summed E-state index contributed by atoms with van der Waals surface area (Å²) in [6.45, 7) is 8.77. The lowest BCUT2D eigenvalue weighted by atomic mass is 9.91. The van der Waals surface area contributed by atoms with Crippen LogP contribution in [-0.4, -0.2) is 26.6 Å². The van der Waals surface area contributed by atoms with Gasteiger partial charge in [-0.1, -0.05) is 79.1 Å². The molecule has 0 unspecified atom stereocenters. The highest BCUT2D eigenvalue weighted by molar-refractivity contribution is 5.71. The van der Waals surface area contributed by atoms with Crippen LogP contribution in [0, 0.1) is 5.41 Å². The highest BCUT2D eigenvalue weighted by Crippen LogP contribution is 2.17. The SMILES string of the molecule is CCC(C)(C)C(=O)[O-].CCCCCCCCCCCC[NH+](C)C. The summed E-state index contributed by atoms with van der Waals surface area (Å²) in [6, 6.07) is 0. The first-order chi connectivity index (χ1) is 10.8. The normalized spacial score (nSPS) is 11.3. The van der Waals surface area contributed by atoms with Crippen LogP contribution >= 0.6 is 0 Å². The van der Waals surface area contributed by atoms with Crippen LogP contribution in [0.25, 0.3) is 0 Å². The molecule has 0 saturated carbocycles. The highest BCUT2D eigenvalue weighted by Gasteiger charge is 2.15. The van der Waals surface area contributed by atoms with Crippen molar-refractivity contribution in [2.75, 3.05) is 20.6 Å². The Morgan fingerprint density at radius 2 is 1.22 bits per heavy atom. The van der Waals surface area contributed by atoms with Gasteiger partial charge in [0.1, 0.15) is 0 Å². The molecule has 140 valence electrons. The first kappa shape index (κ1) is 24.7. The molecule has 0 heterocycles. The molecular formula is C20H43NO2. The smallest absolute Gasteiger partial charge is 0.0766 e. The molecule has 3 heteroatoms. The summed E-state index contributed by atoms with van der Waals surface area (Å²) in [4.78, 5) is 11.7. The van der Waals surface area contributed by atoms with Gasteiger partial charge in [-0.15, -0.1) is 0 Å². The molecule has 0 rings (SSSR count). The molecule has 0 fully saturated rings. The molecule has 0 aliphatic rings. The minimum absolute atomic E-state index is 0.620. The summed E-state index contributed by atoms with van der Waals surface area (Å²) in [5.41, 5.74) is -0.653. The number of carboxylic acids is 1. The van der Waals surface area contributed by atoms with Crippen molar-refractivity contribution in [1.82, 2.24) is 0 Å². The number of unbranched alkanes of at least 4 members (excludes halogenated alkanes) is 9. The van der Waals surface area contributed by atoms with Crippen molar-refractivity contribution in [2.45, 2.75) is 98.3 Å². The Balaban J connectivity index is 0. The Morgan fingerprint density at radius 1 is 0.826 bits per heavy atom. The maximum absolute atomic E-state index is 10.1. The van der Waals surface area contributed by atoms with E-state index in [9.17, 15) is 9.90 Å². The van der Waals surface area contributed by atoms with Gasteiger partial charge < -0.3 is 14.8 Å². The topological polar surface area (TPSA) is 44.6 Å². The quantitative estimate of drug-likeness (QED) is 0.527. The third-order valence-electron chi connectivity index (χ3n) is 4.47. The molecule has 23 heavy (non-hydrogen) atoms. The molecule has 1 N–H and O–H groups in total. The minimum Gasteiger partial charge on any atom is -0.550 e. The Kier molecular flexibility index (Phi) is 17.5. The Labute approximate surface area is 145 Å². The number of carbonyl (C=O) groups excluding carboxylic acids is 1. The van der Waals surface area contributed by atoms with Crippen LogP contribution in [0.2, 0.25) is 0 Å². The van der Waals surface area contributed by atoms with Gasteiger partial charge in [-0.05, 0) is 19.3 Å². The van der Waals surface area contributed by atoms with Crippen molar-refractivity contribution in [3.05, 3.63) is 0 Å². The van der Waals surface area contributed by atoms with E-state index in [0.29, 0.717) is 6.42 Å². The Morgan fingerprint density at radius 3 is 1.48 bits per heavy atom. The molecule has 0 aromatic carbocycles. The van der Waals surface area contributed by atoms with E-state index in [-0.39, 0.29) is 0 Å². The van der Waals surface area contributed by atoms with Gasteiger partial charge in [0, 0.05) is 11.4 Å². The van der Waals surface area contributed by atoms with E-state index < -0.39 is 11.4 Å². The van der Waals surface area contributed by atoms with Gasteiger partial charge in [-0.3, -0.25) is 0 Å². The van der Waals surface area contributed by atoms with Gasteiger partial charge in [0.25, 0.3) is 0 Å². The molecule has 0 amide bonds. The number of hydrogen-bond donors (Lipinski definition) is 1. The van der Waals surface area contributed by atoms with E-state index in [1.807, 2.05) is 6.92 Å². The van der Waals surface area contributed by atoms with Crippen molar-refractivity contribution in [3.8, 4) is 0 Å². The Hall–Kier alpha value is -0.570.